The average Bonchev–Trinajstić information content (AvgIpc) is 2.83. The summed E-state index contributed by atoms with van der Waals surface area (Å²) < 4.78 is 30.1. The van der Waals surface area contributed by atoms with Gasteiger partial charge in [-0.05, 0) is 20.3 Å². The van der Waals surface area contributed by atoms with Gasteiger partial charge in [0.2, 0.25) is 15.9 Å². The van der Waals surface area contributed by atoms with E-state index in [-0.39, 0.29) is 12.3 Å². The number of aryl methyl sites for hydroxylation is 1. The molecule has 0 aliphatic carbocycles. The molecule has 0 unspecified atom stereocenters. The number of nitrogens with zero attached hydrogens (tertiary/aromatic N) is 2. The summed E-state index contributed by atoms with van der Waals surface area (Å²) in [6.45, 7) is 5.47. The van der Waals surface area contributed by atoms with Crippen molar-refractivity contribution in [1.29, 1.82) is 0 Å². The smallest absolute Gasteiger partial charge is 0.240 e. The van der Waals surface area contributed by atoms with Crippen molar-refractivity contribution in [2.45, 2.75) is 40.0 Å². The quantitative estimate of drug-likeness (QED) is 0.701. The third-order valence-corrected chi connectivity index (χ3v) is 4.81. The lowest BCUT2D eigenvalue weighted by Gasteiger charge is -2.20. The molecule has 0 aromatic carbocycles. The van der Waals surface area contributed by atoms with Gasteiger partial charge in [-0.2, -0.15) is 4.31 Å². The number of hydrogen-bond acceptors (Lipinski definition) is 5. The van der Waals surface area contributed by atoms with E-state index >= 15 is 0 Å². The van der Waals surface area contributed by atoms with E-state index in [0.717, 1.165) is 19.3 Å². The maximum absolute atomic E-state index is 12.0. The summed E-state index contributed by atoms with van der Waals surface area (Å²) in [4.78, 5) is 11.9. The Hall–Kier alpha value is -1.41. The van der Waals surface area contributed by atoms with Gasteiger partial charge in [0.1, 0.15) is 5.76 Å². The summed E-state index contributed by atoms with van der Waals surface area (Å²) >= 11 is 0. The molecule has 0 saturated carbocycles. The summed E-state index contributed by atoms with van der Waals surface area (Å²) in [5.41, 5.74) is 0. The van der Waals surface area contributed by atoms with E-state index in [0.29, 0.717) is 18.1 Å². The molecule has 0 atom stereocenters. The first kappa shape index (κ1) is 17.6. The summed E-state index contributed by atoms with van der Waals surface area (Å²) in [5, 5.41) is 6.18. The molecule has 0 aliphatic rings. The van der Waals surface area contributed by atoms with Crippen LogP contribution in [0.3, 0.4) is 0 Å². The third-order valence-electron chi connectivity index (χ3n) is 2.98. The monoisotopic (exact) mass is 317 g/mol. The molecule has 1 heterocycles. The highest BCUT2D eigenvalue weighted by atomic mass is 32.2. The zero-order valence-electron chi connectivity index (χ0n) is 12.8. The molecular formula is C13H23N3O4S. The second-order valence-corrected chi connectivity index (χ2v) is 7.07. The highest BCUT2D eigenvalue weighted by molar-refractivity contribution is 7.89. The molecule has 7 nitrogen and oxygen atoms in total. The molecule has 1 aromatic heterocycles. The van der Waals surface area contributed by atoms with Crippen molar-refractivity contribution >= 4 is 21.7 Å². The minimum absolute atomic E-state index is 0.0184. The highest BCUT2D eigenvalue weighted by Crippen LogP contribution is 2.09. The predicted molar refractivity (Wildman–Crippen MR) is 80.4 cm³/mol. The van der Waals surface area contributed by atoms with E-state index in [2.05, 4.69) is 10.5 Å². The van der Waals surface area contributed by atoms with Crippen LogP contribution in [0.15, 0.2) is 10.6 Å². The zero-order chi connectivity index (χ0) is 15.9. The van der Waals surface area contributed by atoms with E-state index in [1.807, 2.05) is 6.92 Å². The lowest BCUT2D eigenvalue weighted by molar-refractivity contribution is -0.116. The van der Waals surface area contributed by atoms with Crippen molar-refractivity contribution in [3.63, 3.8) is 0 Å². The Morgan fingerprint density at radius 2 is 2.10 bits per heavy atom. The normalized spacial score (nSPS) is 11.8. The van der Waals surface area contributed by atoms with Gasteiger partial charge >= 0.3 is 0 Å². The average molecular weight is 317 g/mol. The molecule has 21 heavy (non-hydrogen) atoms. The van der Waals surface area contributed by atoms with Crippen LogP contribution in [0.2, 0.25) is 0 Å². The first-order valence-corrected chi connectivity index (χ1v) is 8.71. The van der Waals surface area contributed by atoms with Crippen molar-refractivity contribution in [2.75, 3.05) is 24.2 Å². The Balaban J connectivity index is 2.64. The minimum atomic E-state index is -3.39. The van der Waals surface area contributed by atoms with Crippen LogP contribution in [0, 0.1) is 6.92 Å². The fourth-order valence-corrected chi connectivity index (χ4v) is 2.89. The van der Waals surface area contributed by atoms with Crippen molar-refractivity contribution in [2.24, 2.45) is 0 Å². The number of carbonyl (C=O) groups excluding carboxylic acids is 1. The van der Waals surface area contributed by atoms with Gasteiger partial charge in [-0.25, -0.2) is 8.42 Å². The van der Waals surface area contributed by atoms with Crippen LogP contribution in [0.25, 0.3) is 0 Å². The molecule has 0 aliphatic heterocycles. The Labute approximate surface area is 125 Å². The second kappa shape index (κ2) is 8.14. The van der Waals surface area contributed by atoms with Gasteiger partial charge in [0, 0.05) is 12.6 Å². The highest BCUT2D eigenvalue weighted by Gasteiger charge is 2.22. The molecule has 0 bridgehead atoms. The van der Waals surface area contributed by atoms with Crippen LogP contribution in [-0.2, 0) is 14.8 Å². The molecule has 8 heteroatoms. The van der Waals surface area contributed by atoms with Gasteiger partial charge in [-0.1, -0.05) is 24.9 Å². The molecule has 1 aromatic rings. The number of amides is 1. The van der Waals surface area contributed by atoms with Crippen LogP contribution in [-0.4, -0.2) is 42.6 Å². The van der Waals surface area contributed by atoms with E-state index in [4.69, 9.17) is 4.52 Å². The molecule has 120 valence electrons. The van der Waals surface area contributed by atoms with Crippen molar-refractivity contribution in [1.82, 2.24) is 9.46 Å². The first-order valence-electron chi connectivity index (χ1n) is 7.10. The number of hydrogen-bond donors (Lipinski definition) is 1. The van der Waals surface area contributed by atoms with Crippen LogP contribution in [0.1, 0.15) is 38.9 Å². The third kappa shape index (κ3) is 5.84. The fraction of sp³-hybridized carbons (Fsp3) is 0.692. The summed E-state index contributed by atoms with van der Waals surface area (Å²) in [6, 6.07) is 1.58. The van der Waals surface area contributed by atoms with E-state index in [1.54, 1.807) is 19.9 Å². The van der Waals surface area contributed by atoms with Crippen LogP contribution < -0.4 is 5.32 Å². The number of anilines is 1. The lowest BCUT2D eigenvalue weighted by Crippen LogP contribution is -2.39. The summed E-state index contributed by atoms with van der Waals surface area (Å²) in [6.07, 6.45) is 2.66. The standard InChI is InChI=1S/C13H23N3O4S/c1-4-6-7-8-16(21(18,19)5-2)10-13(17)14-12-9-11(3)20-15-12/h9H,4-8,10H2,1-3H3,(H,14,15,17). The van der Waals surface area contributed by atoms with Gasteiger partial charge in [0.05, 0.1) is 12.3 Å². The Bertz CT molecular complexity index is 554. The number of nitrogens with one attached hydrogen (secondary N) is 1. The largest absolute Gasteiger partial charge is 0.360 e. The molecule has 0 spiro atoms. The van der Waals surface area contributed by atoms with Gasteiger partial charge in [0.15, 0.2) is 5.82 Å². The zero-order valence-corrected chi connectivity index (χ0v) is 13.6. The topological polar surface area (TPSA) is 92.5 Å². The fourth-order valence-electron chi connectivity index (χ4n) is 1.81. The second-order valence-electron chi connectivity index (χ2n) is 4.81. The molecule has 1 amide bonds. The number of rotatable bonds is 9. The molecule has 0 saturated heterocycles. The van der Waals surface area contributed by atoms with Crippen LogP contribution in [0.4, 0.5) is 5.82 Å². The SMILES string of the molecule is CCCCCN(CC(=O)Nc1cc(C)on1)S(=O)(=O)CC. The van der Waals surface area contributed by atoms with E-state index in [1.165, 1.54) is 4.31 Å². The maximum atomic E-state index is 12.0. The molecule has 1 N–H and O–H groups in total. The van der Waals surface area contributed by atoms with E-state index < -0.39 is 15.9 Å². The molecule has 0 fully saturated rings. The number of unbranched alkanes of at least 4 members (excludes halogenated alkanes) is 2. The minimum Gasteiger partial charge on any atom is -0.360 e. The Morgan fingerprint density at radius 1 is 1.38 bits per heavy atom. The number of carbonyl (C=O) groups is 1. The van der Waals surface area contributed by atoms with Crippen LogP contribution >= 0.6 is 0 Å². The van der Waals surface area contributed by atoms with Gasteiger partial charge in [0.25, 0.3) is 0 Å². The Kier molecular flexibility index (Phi) is 6.83. The van der Waals surface area contributed by atoms with Crippen molar-refractivity contribution < 1.29 is 17.7 Å². The first-order chi connectivity index (χ1) is 9.89. The predicted octanol–water partition coefficient (Wildman–Crippen LogP) is 1.76. The Morgan fingerprint density at radius 3 is 2.62 bits per heavy atom. The maximum Gasteiger partial charge on any atom is 0.240 e. The van der Waals surface area contributed by atoms with Crippen molar-refractivity contribution in [3.8, 4) is 0 Å². The molecule has 0 radical (unpaired) electrons. The lowest BCUT2D eigenvalue weighted by atomic mass is 10.2. The molecular weight excluding hydrogens is 294 g/mol. The summed E-state index contributed by atoms with van der Waals surface area (Å²) in [5.74, 6) is 0.429. The molecule has 1 rings (SSSR count). The van der Waals surface area contributed by atoms with Gasteiger partial charge < -0.3 is 9.84 Å². The van der Waals surface area contributed by atoms with Crippen molar-refractivity contribution in [3.05, 3.63) is 11.8 Å². The van der Waals surface area contributed by atoms with Gasteiger partial charge in [-0.15, -0.1) is 0 Å². The number of sulfonamides is 1. The van der Waals surface area contributed by atoms with Gasteiger partial charge in [-0.3, -0.25) is 4.79 Å². The summed E-state index contributed by atoms with van der Waals surface area (Å²) in [7, 11) is -3.39. The van der Waals surface area contributed by atoms with Crippen LogP contribution in [0.5, 0.6) is 0 Å². The van der Waals surface area contributed by atoms with E-state index in [9.17, 15) is 13.2 Å². The number of aromatic nitrogens is 1.